The third-order valence-corrected chi connectivity index (χ3v) is 2.07. The van der Waals surface area contributed by atoms with Crippen LogP contribution in [0, 0.1) is 11.3 Å². The molecule has 2 unspecified atom stereocenters. The van der Waals surface area contributed by atoms with Gasteiger partial charge in [0.15, 0.2) is 0 Å². The van der Waals surface area contributed by atoms with Gasteiger partial charge in [0.1, 0.15) is 0 Å². The number of rotatable bonds is 5. The molecule has 0 aromatic rings. The molecule has 0 aromatic heterocycles. The summed E-state index contributed by atoms with van der Waals surface area (Å²) in [7, 11) is 0. The maximum atomic E-state index is 8.39. The minimum atomic E-state index is -0.399. The van der Waals surface area contributed by atoms with Crippen LogP contribution in [0.15, 0.2) is 0 Å². The smallest absolute Gasteiger partial charge is 0.0950 e. The highest BCUT2D eigenvalue weighted by Crippen LogP contribution is 2.11. The van der Waals surface area contributed by atoms with E-state index in [4.69, 9.17) is 20.5 Å². The van der Waals surface area contributed by atoms with Gasteiger partial charge in [0.25, 0.3) is 0 Å². The molecule has 74 valence electrons. The topological polar surface area (TPSA) is 68.3 Å². The third kappa shape index (κ3) is 4.23. The van der Waals surface area contributed by atoms with Crippen LogP contribution in [0.2, 0.25) is 0 Å². The van der Waals surface area contributed by atoms with Crippen molar-refractivity contribution in [2.45, 2.75) is 31.4 Å². The molecule has 0 aliphatic carbocycles. The fourth-order valence-electron chi connectivity index (χ4n) is 1.27. The second kappa shape index (κ2) is 5.92. The second-order valence-electron chi connectivity index (χ2n) is 3.23. The zero-order valence-electron chi connectivity index (χ0n) is 7.74. The Morgan fingerprint density at radius 2 is 2.54 bits per heavy atom. The normalized spacial score (nSPS) is 24.2. The molecule has 0 spiro atoms. The zero-order valence-corrected chi connectivity index (χ0v) is 7.74. The van der Waals surface area contributed by atoms with Gasteiger partial charge in [-0.1, -0.05) is 0 Å². The zero-order chi connectivity index (χ0) is 9.52. The van der Waals surface area contributed by atoms with Gasteiger partial charge in [0.2, 0.25) is 0 Å². The van der Waals surface area contributed by atoms with Crippen LogP contribution >= 0.6 is 0 Å². The Hall–Kier alpha value is -0.630. The van der Waals surface area contributed by atoms with Crippen molar-refractivity contribution in [3.05, 3.63) is 0 Å². The largest absolute Gasteiger partial charge is 0.379 e. The number of nitriles is 1. The van der Waals surface area contributed by atoms with E-state index in [0.29, 0.717) is 19.6 Å². The predicted molar refractivity (Wildman–Crippen MR) is 48.0 cm³/mol. The van der Waals surface area contributed by atoms with E-state index >= 15 is 0 Å². The molecule has 0 saturated carbocycles. The van der Waals surface area contributed by atoms with Crippen molar-refractivity contribution in [3.63, 3.8) is 0 Å². The highest BCUT2D eigenvalue weighted by molar-refractivity contribution is 4.85. The molecule has 1 aliphatic heterocycles. The van der Waals surface area contributed by atoms with Crippen LogP contribution in [0.1, 0.15) is 19.3 Å². The van der Waals surface area contributed by atoms with E-state index < -0.39 is 6.04 Å². The van der Waals surface area contributed by atoms with Gasteiger partial charge in [-0.2, -0.15) is 5.26 Å². The first-order chi connectivity index (χ1) is 6.33. The standard InChI is InChI=1S/C9H16N2O2/c10-6-8(11)3-5-12-7-9-2-1-4-13-9/h8-9H,1-5,7,11H2. The maximum absolute atomic E-state index is 8.39. The van der Waals surface area contributed by atoms with E-state index in [0.717, 1.165) is 19.4 Å². The van der Waals surface area contributed by atoms with Crippen LogP contribution in [0.4, 0.5) is 0 Å². The van der Waals surface area contributed by atoms with E-state index in [1.807, 2.05) is 6.07 Å². The Balaban J connectivity index is 1.92. The van der Waals surface area contributed by atoms with Crippen molar-refractivity contribution >= 4 is 0 Å². The van der Waals surface area contributed by atoms with Crippen molar-refractivity contribution in [3.8, 4) is 6.07 Å². The molecule has 1 rings (SSSR count). The van der Waals surface area contributed by atoms with Crippen molar-refractivity contribution in [1.29, 1.82) is 5.26 Å². The monoisotopic (exact) mass is 184 g/mol. The molecular formula is C9H16N2O2. The minimum absolute atomic E-state index is 0.262. The maximum Gasteiger partial charge on any atom is 0.0950 e. The molecule has 4 nitrogen and oxygen atoms in total. The molecule has 13 heavy (non-hydrogen) atoms. The van der Waals surface area contributed by atoms with E-state index in [1.54, 1.807) is 0 Å². The predicted octanol–water partition coefficient (Wildman–Crippen LogP) is 0.423. The van der Waals surface area contributed by atoms with Crippen molar-refractivity contribution in [2.75, 3.05) is 19.8 Å². The van der Waals surface area contributed by atoms with Crippen LogP contribution in [0.5, 0.6) is 0 Å². The lowest BCUT2D eigenvalue weighted by atomic mass is 10.2. The molecule has 0 aromatic carbocycles. The molecular weight excluding hydrogens is 168 g/mol. The minimum Gasteiger partial charge on any atom is -0.379 e. The molecule has 0 amide bonds. The van der Waals surface area contributed by atoms with Crippen LogP contribution < -0.4 is 5.73 Å². The van der Waals surface area contributed by atoms with Crippen LogP contribution in [-0.2, 0) is 9.47 Å². The van der Waals surface area contributed by atoms with E-state index in [1.165, 1.54) is 0 Å². The summed E-state index contributed by atoms with van der Waals surface area (Å²) in [4.78, 5) is 0. The molecule has 1 heterocycles. The Morgan fingerprint density at radius 3 is 3.15 bits per heavy atom. The van der Waals surface area contributed by atoms with Crippen LogP contribution in [0.3, 0.4) is 0 Å². The Kier molecular flexibility index (Phi) is 4.76. The van der Waals surface area contributed by atoms with E-state index in [-0.39, 0.29) is 6.10 Å². The summed E-state index contributed by atoms with van der Waals surface area (Å²) >= 11 is 0. The quantitative estimate of drug-likeness (QED) is 0.629. The summed E-state index contributed by atoms with van der Waals surface area (Å²) in [6, 6.07) is 1.56. The lowest BCUT2D eigenvalue weighted by molar-refractivity contribution is 0.0161. The van der Waals surface area contributed by atoms with Crippen molar-refractivity contribution in [2.24, 2.45) is 5.73 Å². The molecule has 4 heteroatoms. The highest BCUT2D eigenvalue weighted by atomic mass is 16.5. The average molecular weight is 184 g/mol. The number of nitrogens with zero attached hydrogens (tertiary/aromatic N) is 1. The number of ether oxygens (including phenoxy) is 2. The lowest BCUT2D eigenvalue weighted by Gasteiger charge is -2.10. The number of nitrogens with two attached hydrogens (primary N) is 1. The van der Waals surface area contributed by atoms with Gasteiger partial charge >= 0.3 is 0 Å². The molecule has 2 N–H and O–H groups in total. The first kappa shape index (κ1) is 10.5. The summed E-state index contributed by atoms with van der Waals surface area (Å²) in [5, 5.41) is 8.39. The van der Waals surface area contributed by atoms with Crippen molar-refractivity contribution < 1.29 is 9.47 Å². The highest BCUT2D eigenvalue weighted by Gasteiger charge is 2.15. The average Bonchev–Trinajstić information content (AvgIpc) is 2.64. The lowest BCUT2D eigenvalue weighted by Crippen LogP contribution is -2.21. The Morgan fingerprint density at radius 1 is 1.69 bits per heavy atom. The summed E-state index contributed by atoms with van der Waals surface area (Å²) in [5.74, 6) is 0. The summed E-state index contributed by atoms with van der Waals surface area (Å²) in [6.07, 6.45) is 3.08. The van der Waals surface area contributed by atoms with Crippen LogP contribution in [0.25, 0.3) is 0 Å². The van der Waals surface area contributed by atoms with Crippen molar-refractivity contribution in [1.82, 2.24) is 0 Å². The summed E-state index contributed by atoms with van der Waals surface area (Å²) in [6.45, 7) is 2.04. The second-order valence-corrected chi connectivity index (χ2v) is 3.23. The number of hydrogen-bond donors (Lipinski definition) is 1. The number of hydrogen-bond acceptors (Lipinski definition) is 4. The molecule has 1 saturated heterocycles. The van der Waals surface area contributed by atoms with Gasteiger partial charge < -0.3 is 15.2 Å². The van der Waals surface area contributed by atoms with Crippen LogP contribution in [-0.4, -0.2) is 32.0 Å². The Labute approximate surface area is 78.6 Å². The first-order valence-electron chi connectivity index (χ1n) is 4.67. The summed E-state index contributed by atoms with van der Waals surface area (Å²) < 4.78 is 10.7. The van der Waals surface area contributed by atoms with Gasteiger partial charge in [-0.25, -0.2) is 0 Å². The SMILES string of the molecule is N#CC(N)CCOCC1CCCO1. The van der Waals surface area contributed by atoms with E-state index in [2.05, 4.69) is 0 Å². The van der Waals surface area contributed by atoms with Gasteiger partial charge in [-0.15, -0.1) is 0 Å². The van der Waals surface area contributed by atoms with Gasteiger partial charge in [0.05, 0.1) is 24.8 Å². The molecule has 1 fully saturated rings. The van der Waals surface area contributed by atoms with E-state index in [9.17, 15) is 0 Å². The summed E-state index contributed by atoms with van der Waals surface area (Å²) in [5.41, 5.74) is 5.39. The van der Waals surface area contributed by atoms with Gasteiger partial charge in [0, 0.05) is 13.2 Å². The van der Waals surface area contributed by atoms with Gasteiger partial charge in [-0.05, 0) is 19.3 Å². The molecule has 2 atom stereocenters. The fourth-order valence-corrected chi connectivity index (χ4v) is 1.27. The molecule has 0 radical (unpaired) electrons. The molecule has 0 bridgehead atoms. The fraction of sp³-hybridized carbons (Fsp3) is 0.889. The first-order valence-corrected chi connectivity index (χ1v) is 4.67. The molecule has 1 aliphatic rings. The Bertz CT molecular complexity index is 173. The third-order valence-electron chi connectivity index (χ3n) is 2.07. The van der Waals surface area contributed by atoms with Gasteiger partial charge in [-0.3, -0.25) is 0 Å².